The molecule has 0 radical (unpaired) electrons. The first-order chi connectivity index (χ1) is 12.8. The number of methoxy groups -OCH3 is 1. The van der Waals surface area contributed by atoms with Crippen molar-refractivity contribution in [1.29, 1.82) is 0 Å². The predicted octanol–water partition coefficient (Wildman–Crippen LogP) is 4.60. The van der Waals surface area contributed by atoms with E-state index in [0.29, 0.717) is 21.5 Å². The van der Waals surface area contributed by atoms with Crippen LogP contribution in [0.2, 0.25) is 15.1 Å². The Morgan fingerprint density at radius 3 is 2.30 bits per heavy atom. The number of nitrogens with one attached hydrogen (secondary N) is 1. The van der Waals surface area contributed by atoms with E-state index in [2.05, 4.69) is 5.32 Å². The Morgan fingerprint density at radius 1 is 1.04 bits per heavy atom. The third-order valence-electron chi connectivity index (χ3n) is 3.34. The second-order valence-corrected chi connectivity index (χ2v) is 6.61. The van der Waals surface area contributed by atoms with Crippen LogP contribution in [0.15, 0.2) is 36.4 Å². The zero-order chi connectivity index (χ0) is 20.0. The van der Waals surface area contributed by atoms with Crippen molar-refractivity contribution in [3.05, 3.63) is 51.5 Å². The maximum atomic E-state index is 12.2. The van der Waals surface area contributed by atoms with E-state index in [-0.39, 0.29) is 10.8 Å². The molecular formula is C18H16Cl3NO5. The number of amides is 1. The van der Waals surface area contributed by atoms with Crippen LogP contribution in [-0.2, 0) is 14.3 Å². The Morgan fingerprint density at radius 2 is 1.67 bits per heavy atom. The van der Waals surface area contributed by atoms with E-state index in [0.717, 1.165) is 0 Å². The number of anilines is 1. The highest BCUT2D eigenvalue weighted by molar-refractivity contribution is 6.35. The minimum absolute atomic E-state index is 0.258. The largest absolute Gasteiger partial charge is 0.495 e. The standard InChI is InChI=1S/C18H16Cl3NO5/c1-10(18(24)22-14-8-12(20)4-6-16(14)25-2)27-17(23)9-26-15-5-3-11(19)7-13(15)21/h3-8,10H,9H2,1-2H3,(H,22,24). The molecule has 0 aromatic heterocycles. The van der Waals surface area contributed by atoms with Gasteiger partial charge in [-0.15, -0.1) is 0 Å². The van der Waals surface area contributed by atoms with Gasteiger partial charge >= 0.3 is 5.97 Å². The summed E-state index contributed by atoms with van der Waals surface area (Å²) in [5.74, 6) is -0.582. The minimum atomic E-state index is -1.06. The highest BCUT2D eigenvalue weighted by atomic mass is 35.5. The molecule has 0 aliphatic heterocycles. The molecule has 2 aromatic rings. The molecule has 2 aromatic carbocycles. The smallest absolute Gasteiger partial charge is 0.344 e. The lowest BCUT2D eigenvalue weighted by molar-refractivity contribution is -0.155. The van der Waals surface area contributed by atoms with Crippen LogP contribution in [0, 0.1) is 0 Å². The van der Waals surface area contributed by atoms with Crippen LogP contribution in [-0.4, -0.2) is 31.7 Å². The minimum Gasteiger partial charge on any atom is -0.495 e. The molecule has 0 spiro atoms. The molecule has 6 nitrogen and oxygen atoms in total. The summed E-state index contributed by atoms with van der Waals surface area (Å²) in [5, 5.41) is 3.71. The molecule has 0 fully saturated rings. The van der Waals surface area contributed by atoms with Gasteiger partial charge < -0.3 is 19.5 Å². The molecule has 0 saturated carbocycles. The van der Waals surface area contributed by atoms with Crippen molar-refractivity contribution in [2.45, 2.75) is 13.0 Å². The van der Waals surface area contributed by atoms with Crippen molar-refractivity contribution in [1.82, 2.24) is 0 Å². The van der Waals surface area contributed by atoms with Gasteiger partial charge in [-0.1, -0.05) is 34.8 Å². The summed E-state index contributed by atoms with van der Waals surface area (Å²) in [6.45, 7) is 1.01. The molecule has 144 valence electrons. The van der Waals surface area contributed by atoms with E-state index in [1.165, 1.54) is 32.2 Å². The van der Waals surface area contributed by atoms with Crippen LogP contribution in [0.3, 0.4) is 0 Å². The topological polar surface area (TPSA) is 73.9 Å². The van der Waals surface area contributed by atoms with E-state index in [1.54, 1.807) is 18.2 Å². The van der Waals surface area contributed by atoms with Gasteiger partial charge in [0.05, 0.1) is 17.8 Å². The summed E-state index contributed by atoms with van der Waals surface area (Å²) in [6.07, 6.45) is -1.06. The number of hydrogen-bond donors (Lipinski definition) is 1. The zero-order valence-corrected chi connectivity index (χ0v) is 16.7. The number of hydrogen-bond acceptors (Lipinski definition) is 5. The third kappa shape index (κ3) is 6.20. The van der Waals surface area contributed by atoms with Gasteiger partial charge in [-0.05, 0) is 43.3 Å². The molecule has 1 atom stereocenters. The number of ether oxygens (including phenoxy) is 3. The van der Waals surface area contributed by atoms with Gasteiger partial charge in [-0.2, -0.15) is 0 Å². The van der Waals surface area contributed by atoms with Crippen molar-refractivity contribution in [2.75, 3.05) is 19.0 Å². The lowest BCUT2D eigenvalue weighted by Crippen LogP contribution is -2.31. The quantitative estimate of drug-likeness (QED) is 0.647. The Bertz CT molecular complexity index is 844. The highest BCUT2D eigenvalue weighted by Crippen LogP contribution is 2.28. The van der Waals surface area contributed by atoms with Gasteiger partial charge in [0.2, 0.25) is 0 Å². The Kier molecular flexibility index (Phi) is 7.59. The average molecular weight is 433 g/mol. The number of rotatable bonds is 7. The SMILES string of the molecule is COc1ccc(Cl)cc1NC(=O)C(C)OC(=O)COc1ccc(Cl)cc1Cl. The van der Waals surface area contributed by atoms with Crippen LogP contribution < -0.4 is 14.8 Å². The first kappa shape index (κ1) is 21.2. The van der Waals surface area contributed by atoms with Gasteiger partial charge in [0.25, 0.3) is 5.91 Å². The van der Waals surface area contributed by atoms with E-state index in [1.807, 2.05) is 0 Å². The summed E-state index contributed by atoms with van der Waals surface area (Å²) in [6, 6.07) is 9.34. The van der Waals surface area contributed by atoms with Crippen LogP contribution in [0.25, 0.3) is 0 Å². The molecule has 0 aliphatic carbocycles. The molecule has 27 heavy (non-hydrogen) atoms. The van der Waals surface area contributed by atoms with Crippen LogP contribution in [0.5, 0.6) is 11.5 Å². The van der Waals surface area contributed by atoms with Gasteiger partial charge in [0.15, 0.2) is 12.7 Å². The zero-order valence-electron chi connectivity index (χ0n) is 14.4. The van der Waals surface area contributed by atoms with Gasteiger partial charge in [-0.25, -0.2) is 4.79 Å². The normalized spacial score (nSPS) is 11.4. The number of esters is 1. The van der Waals surface area contributed by atoms with Crippen molar-refractivity contribution in [2.24, 2.45) is 0 Å². The Balaban J connectivity index is 1.90. The fourth-order valence-corrected chi connectivity index (χ4v) is 2.66. The van der Waals surface area contributed by atoms with E-state index in [9.17, 15) is 9.59 Å². The second-order valence-electron chi connectivity index (χ2n) is 5.33. The van der Waals surface area contributed by atoms with Crippen molar-refractivity contribution < 1.29 is 23.8 Å². The maximum Gasteiger partial charge on any atom is 0.344 e. The van der Waals surface area contributed by atoms with Gasteiger partial charge in [0, 0.05) is 10.0 Å². The number of benzene rings is 2. The van der Waals surface area contributed by atoms with Crippen LogP contribution in [0.1, 0.15) is 6.92 Å². The number of halogens is 3. The monoisotopic (exact) mass is 431 g/mol. The van der Waals surface area contributed by atoms with Gasteiger partial charge in [0.1, 0.15) is 11.5 Å². The third-order valence-corrected chi connectivity index (χ3v) is 4.10. The Labute approximate surface area is 171 Å². The molecule has 1 unspecified atom stereocenters. The summed E-state index contributed by atoms with van der Waals surface area (Å²) < 4.78 is 15.5. The molecule has 1 amide bonds. The summed E-state index contributed by atoms with van der Waals surface area (Å²) in [5.41, 5.74) is 0.363. The van der Waals surface area contributed by atoms with Crippen molar-refractivity contribution >= 4 is 52.4 Å². The van der Waals surface area contributed by atoms with Crippen molar-refractivity contribution in [3.63, 3.8) is 0 Å². The lowest BCUT2D eigenvalue weighted by atomic mass is 10.2. The number of carbonyl (C=O) groups is 2. The molecule has 0 saturated heterocycles. The second kappa shape index (κ2) is 9.69. The first-order valence-corrected chi connectivity index (χ1v) is 8.85. The maximum absolute atomic E-state index is 12.2. The van der Waals surface area contributed by atoms with Crippen molar-refractivity contribution in [3.8, 4) is 11.5 Å². The van der Waals surface area contributed by atoms with Crippen LogP contribution in [0.4, 0.5) is 5.69 Å². The highest BCUT2D eigenvalue weighted by Gasteiger charge is 2.20. The molecule has 1 N–H and O–H groups in total. The molecule has 0 bridgehead atoms. The fraction of sp³-hybridized carbons (Fsp3) is 0.222. The molecular weight excluding hydrogens is 417 g/mol. The van der Waals surface area contributed by atoms with E-state index < -0.39 is 24.6 Å². The fourth-order valence-electron chi connectivity index (χ4n) is 2.03. The van der Waals surface area contributed by atoms with E-state index in [4.69, 9.17) is 49.0 Å². The van der Waals surface area contributed by atoms with Gasteiger partial charge in [-0.3, -0.25) is 4.79 Å². The average Bonchev–Trinajstić information content (AvgIpc) is 2.61. The lowest BCUT2D eigenvalue weighted by Gasteiger charge is -2.15. The Hall–Kier alpha value is -2.15. The predicted molar refractivity (Wildman–Crippen MR) is 104 cm³/mol. The first-order valence-electron chi connectivity index (χ1n) is 7.72. The molecule has 0 heterocycles. The molecule has 9 heteroatoms. The molecule has 0 aliphatic rings. The number of carbonyl (C=O) groups excluding carboxylic acids is 2. The summed E-state index contributed by atoms with van der Waals surface area (Å²) in [4.78, 5) is 24.1. The molecule has 2 rings (SSSR count). The van der Waals surface area contributed by atoms with Crippen LogP contribution >= 0.6 is 34.8 Å². The van der Waals surface area contributed by atoms with E-state index >= 15 is 0 Å². The summed E-state index contributed by atoms with van der Waals surface area (Å²) in [7, 11) is 1.46. The summed E-state index contributed by atoms with van der Waals surface area (Å²) >= 11 is 17.7.